The molecule has 4 rings (SSSR count). The summed E-state index contributed by atoms with van der Waals surface area (Å²) in [7, 11) is -3.37. The Morgan fingerprint density at radius 1 is 1.28 bits per heavy atom. The number of nitrogens with one attached hydrogen (secondary N) is 1. The fourth-order valence-corrected chi connectivity index (χ4v) is 5.52. The molecule has 0 heterocycles. The normalized spacial score (nSPS) is 21.7. The van der Waals surface area contributed by atoms with Crippen LogP contribution in [-0.4, -0.2) is 25.2 Å². The second-order valence-electron chi connectivity index (χ2n) is 8.33. The molecule has 2 N–H and O–H groups in total. The van der Waals surface area contributed by atoms with Gasteiger partial charge in [0.1, 0.15) is 0 Å². The smallest absolute Gasteiger partial charge is 0.303 e. The summed E-state index contributed by atoms with van der Waals surface area (Å²) < 4.78 is 28.2. The maximum atomic E-state index is 12.7. The molecule has 3 aliphatic carbocycles. The van der Waals surface area contributed by atoms with Crippen LogP contribution >= 0.6 is 0 Å². The van der Waals surface area contributed by atoms with Gasteiger partial charge in [-0.2, -0.15) is 0 Å². The average molecular weight is 418 g/mol. The largest absolute Gasteiger partial charge is 0.481 e. The summed E-state index contributed by atoms with van der Waals surface area (Å²) >= 11 is 0. The minimum atomic E-state index is -3.37. The molecule has 1 aromatic rings. The van der Waals surface area contributed by atoms with E-state index >= 15 is 0 Å². The molecule has 3 aliphatic rings. The molecule has 0 radical (unpaired) electrons. The quantitative estimate of drug-likeness (QED) is 0.438. The van der Waals surface area contributed by atoms with Gasteiger partial charge in [-0.15, -0.1) is 0 Å². The van der Waals surface area contributed by atoms with Crippen molar-refractivity contribution in [3.8, 4) is 0 Å². The molecule has 0 spiro atoms. The average Bonchev–Trinajstić information content (AvgIpc) is 2.67. The van der Waals surface area contributed by atoms with Gasteiger partial charge in [0.2, 0.25) is 10.0 Å². The Balaban J connectivity index is 1.60. The van der Waals surface area contributed by atoms with Crippen LogP contribution in [0.25, 0.3) is 0 Å². The van der Waals surface area contributed by atoms with Gasteiger partial charge in [0.05, 0.1) is 5.75 Å². The standard InChI is InChI=1S/C23H31NO4S/c1-17-7-9-18(10-8-17)13-14-29(27,28)24-22-16-19-11-12-21(22)20(15-19)5-3-2-4-6-23(25)26/h3,5,7-10,19-20,24H,2,4,6,11-16H2,1H3,(H,25,26). The molecule has 0 saturated heterocycles. The number of aryl methyl sites for hydroxylation is 2. The third-order valence-corrected chi connectivity index (χ3v) is 7.22. The van der Waals surface area contributed by atoms with Crippen LogP contribution in [-0.2, 0) is 21.2 Å². The predicted molar refractivity (Wildman–Crippen MR) is 115 cm³/mol. The first kappa shape index (κ1) is 21.6. The number of carbonyl (C=O) groups is 1. The maximum absolute atomic E-state index is 12.7. The van der Waals surface area contributed by atoms with E-state index < -0.39 is 16.0 Å². The molecule has 0 aliphatic heterocycles. The Morgan fingerprint density at radius 3 is 2.72 bits per heavy atom. The van der Waals surface area contributed by atoms with Crippen molar-refractivity contribution >= 4 is 16.0 Å². The van der Waals surface area contributed by atoms with Crippen LogP contribution < -0.4 is 4.72 Å². The van der Waals surface area contributed by atoms with Gasteiger partial charge < -0.3 is 5.11 Å². The summed E-state index contributed by atoms with van der Waals surface area (Å²) in [5, 5.41) is 8.72. The summed E-state index contributed by atoms with van der Waals surface area (Å²) in [6.45, 7) is 2.02. The number of hydrogen-bond acceptors (Lipinski definition) is 3. The van der Waals surface area contributed by atoms with Crippen LogP contribution in [0, 0.1) is 18.8 Å². The highest BCUT2D eigenvalue weighted by Crippen LogP contribution is 2.44. The minimum Gasteiger partial charge on any atom is -0.481 e. The minimum absolute atomic E-state index is 0.0905. The van der Waals surface area contributed by atoms with E-state index in [-0.39, 0.29) is 18.1 Å². The Labute approximate surface area is 174 Å². The number of carboxylic acid groups (broad SMARTS) is 1. The summed E-state index contributed by atoms with van der Waals surface area (Å²) in [6, 6.07) is 7.99. The number of rotatable bonds is 10. The molecular formula is C23H31NO4S. The fraction of sp³-hybridized carbons (Fsp3) is 0.522. The van der Waals surface area contributed by atoms with Crippen LogP contribution in [0.2, 0.25) is 0 Å². The predicted octanol–water partition coefficient (Wildman–Crippen LogP) is 4.34. The molecular weight excluding hydrogens is 386 g/mol. The van der Waals surface area contributed by atoms with Crippen molar-refractivity contribution < 1.29 is 18.3 Å². The number of aliphatic carboxylic acids is 1. The molecule has 2 bridgehead atoms. The highest BCUT2D eigenvalue weighted by molar-refractivity contribution is 7.89. The molecule has 2 atom stereocenters. The number of allylic oxidation sites excluding steroid dienone is 4. The molecule has 1 saturated carbocycles. The summed E-state index contributed by atoms with van der Waals surface area (Å²) in [5.74, 6) is 0.131. The number of carboxylic acids is 1. The third kappa shape index (κ3) is 6.46. The monoisotopic (exact) mass is 417 g/mol. The van der Waals surface area contributed by atoms with Crippen molar-refractivity contribution in [3.63, 3.8) is 0 Å². The van der Waals surface area contributed by atoms with Gasteiger partial charge in [0, 0.05) is 12.1 Å². The van der Waals surface area contributed by atoms with Gasteiger partial charge in [-0.05, 0) is 74.8 Å². The number of unbranched alkanes of at least 4 members (excludes halogenated alkanes) is 1. The third-order valence-electron chi connectivity index (χ3n) is 5.93. The zero-order chi connectivity index (χ0) is 20.9. The van der Waals surface area contributed by atoms with Crippen molar-refractivity contribution in [1.82, 2.24) is 4.72 Å². The first-order valence-electron chi connectivity index (χ1n) is 10.5. The number of sulfonamides is 1. The number of hydrogen-bond donors (Lipinski definition) is 2. The van der Waals surface area contributed by atoms with E-state index in [4.69, 9.17) is 5.11 Å². The Hall–Kier alpha value is -2.08. The van der Waals surface area contributed by atoms with Crippen LogP contribution in [0.5, 0.6) is 0 Å². The van der Waals surface area contributed by atoms with Crippen LogP contribution in [0.15, 0.2) is 47.7 Å². The first-order chi connectivity index (χ1) is 13.8. The van der Waals surface area contributed by atoms with E-state index in [1.54, 1.807) is 0 Å². The topological polar surface area (TPSA) is 83.5 Å². The molecule has 0 amide bonds. The maximum Gasteiger partial charge on any atom is 0.303 e. The van der Waals surface area contributed by atoms with E-state index in [0.717, 1.165) is 43.4 Å². The molecule has 0 aromatic heterocycles. The lowest BCUT2D eigenvalue weighted by Crippen LogP contribution is -2.35. The Bertz CT molecular complexity index is 884. The van der Waals surface area contributed by atoms with Gasteiger partial charge in [0.25, 0.3) is 0 Å². The molecule has 6 heteroatoms. The van der Waals surface area contributed by atoms with Gasteiger partial charge in [-0.1, -0.05) is 42.0 Å². The molecule has 2 unspecified atom stereocenters. The Kier molecular flexibility index (Phi) is 7.17. The molecule has 1 aromatic carbocycles. The van der Waals surface area contributed by atoms with Gasteiger partial charge in [0.15, 0.2) is 0 Å². The van der Waals surface area contributed by atoms with Crippen molar-refractivity contribution in [2.24, 2.45) is 11.8 Å². The zero-order valence-corrected chi connectivity index (χ0v) is 17.9. The highest BCUT2D eigenvalue weighted by Gasteiger charge is 2.34. The van der Waals surface area contributed by atoms with Gasteiger partial charge >= 0.3 is 5.97 Å². The van der Waals surface area contributed by atoms with Crippen molar-refractivity contribution in [1.29, 1.82) is 0 Å². The van der Waals surface area contributed by atoms with Crippen molar-refractivity contribution in [3.05, 3.63) is 58.8 Å². The second kappa shape index (κ2) is 9.61. The highest BCUT2D eigenvalue weighted by atomic mass is 32.2. The number of benzene rings is 1. The van der Waals surface area contributed by atoms with Gasteiger partial charge in [-0.25, -0.2) is 8.42 Å². The first-order valence-corrected chi connectivity index (χ1v) is 12.1. The van der Waals surface area contributed by atoms with Crippen molar-refractivity contribution in [2.75, 3.05) is 5.75 Å². The van der Waals surface area contributed by atoms with E-state index in [0.29, 0.717) is 18.8 Å². The van der Waals surface area contributed by atoms with Crippen LogP contribution in [0.4, 0.5) is 0 Å². The van der Waals surface area contributed by atoms with E-state index in [2.05, 4.69) is 16.9 Å². The molecule has 158 valence electrons. The number of fused-ring (bicyclic) bond motifs is 3. The Morgan fingerprint density at radius 2 is 2.03 bits per heavy atom. The zero-order valence-electron chi connectivity index (χ0n) is 17.1. The van der Waals surface area contributed by atoms with Crippen LogP contribution in [0.3, 0.4) is 0 Å². The van der Waals surface area contributed by atoms with Gasteiger partial charge in [-0.3, -0.25) is 9.52 Å². The lowest BCUT2D eigenvalue weighted by atomic mass is 9.69. The second-order valence-corrected chi connectivity index (χ2v) is 10.2. The molecule has 5 nitrogen and oxygen atoms in total. The molecule has 1 fully saturated rings. The summed E-state index contributed by atoms with van der Waals surface area (Å²) in [4.78, 5) is 10.6. The van der Waals surface area contributed by atoms with E-state index in [9.17, 15) is 13.2 Å². The molecule has 29 heavy (non-hydrogen) atoms. The summed E-state index contributed by atoms with van der Waals surface area (Å²) in [6.07, 6.45) is 10.3. The van der Waals surface area contributed by atoms with Crippen LogP contribution in [0.1, 0.15) is 56.1 Å². The fourth-order valence-electron chi connectivity index (χ4n) is 4.32. The van der Waals surface area contributed by atoms with E-state index in [1.807, 2.05) is 31.2 Å². The summed E-state index contributed by atoms with van der Waals surface area (Å²) in [5.41, 5.74) is 4.32. The lowest BCUT2D eigenvalue weighted by Gasteiger charge is -2.38. The SMILES string of the molecule is Cc1ccc(CCS(=O)(=O)NC2=C3CCC(C2)CC3C=CCCCC(=O)O)cc1. The van der Waals surface area contributed by atoms with E-state index in [1.165, 1.54) is 11.1 Å². The van der Waals surface area contributed by atoms with Crippen molar-refractivity contribution in [2.45, 2.75) is 58.3 Å². The lowest BCUT2D eigenvalue weighted by molar-refractivity contribution is -0.137.